The van der Waals surface area contributed by atoms with E-state index in [-0.39, 0.29) is 22.3 Å². The van der Waals surface area contributed by atoms with Gasteiger partial charge in [-0.25, -0.2) is 0 Å². The molecule has 0 heteroatoms. The average molecular weight is 535 g/mol. The van der Waals surface area contributed by atoms with Gasteiger partial charge < -0.3 is 0 Å². The van der Waals surface area contributed by atoms with Crippen LogP contribution >= 0.6 is 0 Å². The summed E-state index contributed by atoms with van der Waals surface area (Å²) in [7, 11) is 0. The van der Waals surface area contributed by atoms with Crippen LogP contribution < -0.4 is 0 Å². The first-order valence-electron chi connectivity index (χ1n) is 12.7. The van der Waals surface area contributed by atoms with Crippen molar-refractivity contribution >= 4 is 0 Å². The lowest BCUT2D eigenvalue weighted by Gasteiger charge is -2.11. The molecule has 0 aliphatic carbocycles. The Labute approximate surface area is 247 Å². The summed E-state index contributed by atoms with van der Waals surface area (Å²) in [5.74, 6) is 0. The van der Waals surface area contributed by atoms with Gasteiger partial charge in [0.15, 0.2) is 0 Å². The number of allylic oxidation sites excluding steroid dienone is 21. The molecule has 0 N–H and O–H groups in total. The number of hydrogen-bond acceptors (Lipinski definition) is 0. The quantitative estimate of drug-likeness (QED) is 0.258. The van der Waals surface area contributed by atoms with E-state index in [1.165, 1.54) is 50.2 Å². The first-order chi connectivity index (χ1) is 16.9. The summed E-state index contributed by atoms with van der Waals surface area (Å²) in [6.45, 7) is 36.2. The molecule has 0 radical (unpaired) electrons. The summed E-state index contributed by atoms with van der Waals surface area (Å²) in [4.78, 5) is 0. The van der Waals surface area contributed by atoms with E-state index in [4.69, 9.17) is 0 Å². The summed E-state index contributed by atoms with van der Waals surface area (Å²) in [5.41, 5.74) is 11.8. The van der Waals surface area contributed by atoms with Crippen molar-refractivity contribution in [3.05, 3.63) is 143 Å². The molecule has 0 nitrogen and oxygen atoms in total. The lowest BCUT2D eigenvalue weighted by atomic mass is 9.95. The maximum Gasteiger partial charge on any atom is -0.0392 e. The van der Waals surface area contributed by atoms with E-state index in [9.17, 15) is 0 Å². The Bertz CT molecular complexity index is 967. The van der Waals surface area contributed by atoms with Crippen molar-refractivity contribution in [1.29, 1.82) is 0 Å². The maximum absolute atomic E-state index is 3.73. The molecule has 0 unspecified atom stereocenters. The predicted octanol–water partition coefficient (Wildman–Crippen LogP) is 14.0. The highest BCUT2D eigenvalue weighted by Gasteiger charge is 2.02. The van der Waals surface area contributed by atoms with Crippen LogP contribution in [0.4, 0.5) is 0 Å². The van der Waals surface area contributed by atoms with Gasteiger partial charge in [-0.3, -0.25) is 0 Å². The van der Waals surface area contributed by atoms with Crippen molar-refractivity contribution < 1.29 is 0 Å². The van der Waals surface area contributed by atoms with Crippen LogP contribution in [0.5, 0.6) is 0 Å². The van der Waals surface area contributed by atoms with Gasteiger partial charge in [-0.2, -0.15) is 0 Å². The largest absolute Gasteiger partial charge is 0.0991 e. The van der Waals surface area contributed by atoms with Gasteiger partial charge in [0, 0.05) is 0 Å². The smallest absolute Gasteiger partial charge is 0.0392 e. The molecule has 0 rings (SSSR count). The third kappa shape index (κ3) is 24.9. The topological polar surface area (TPSA) is 0 Å². The molecule has 39 heavy (non-hydrogen) atoms. The summed E-state index contributed by atoms with van der Waals surface area (Å²) in [6, 6.07) is 0. The van der Waals surface area contributed by atoms with E-state index >= 15 is 0 Å². The fourth-order valence-electron chi connectivity index (χ4n) is 3.04. The van der Waals surface area contributed by atoms with Crippen molar-refractivity contribution in [2.75, 3.05) is 0 Å². The van der Waals surface area contributed by atoms with Crippen LogP contribution in [0.25, 0.3) is 0 Å². The Morgan fingerprint density at radius 3 is 1.08 bits per heavy atom. The molecule has 0 aromatic rings. The molecular weight excluding hydrogens is 468 g/mol. The van der Waals surface area contributed by atoms with Crippen molar-refractivity contribution in [2.45, 2.75) is 105 Å². The van der Waals surface area contributed by atoms with Gasteiger partial charge in [-0.1, -0.05) is 121 Å². The van der Waals surface area contributed by atoms with Gasteiger partial charge in [0.25, 0.3) is 0 Å². The predicted molar refractivity (Wildman–Crippen MR) is 192 cm³/mol. The Kier molecular flexibility index (Phi) is 39.0. The van der Waals surface area contributed by atoms with E-state index in [0.717, 1.165) is 0 Å². The zero-order valence-electron chi connectivity index (χ0n) is 25.5. The Morgan fingerprint density at radius 1 is 0.410 bits per heavy atom. The molecule has 0 saturated carbocycles. The molecular formula is C39H66. The number of rotatable bonds is 9. The minimum atomic E-state index is 0. The molecule has 0 aliphatic rings. The standard InChI is InChI=1S/C16H24.C12H18.C8H12.3CH4/c1-8-10-12(3)14(5)16(7)15(6)13(4)11-9-2;1-6-8-10(3)12(5)11(4)9-7-2;1-4-6-8(3)7-5-2;;;/h8-11H,1H2,2-7H3;6-9H,1H2,2-5H3;4-7H,1H2,2-3H3;3*1H4/b11-9?,12-10?,15-13+,16-14+;9-7?,10-8?,12-11+;;;;. The van der Waals surface area contributed by atoms with Gasteiger partial charge in [0.1, 0.15) is 0 Å². The van der Waals surface area contributed by atoms with Gasteiger partial charge in [0.05, 0.1) is 0 Å². The highest BCUT2D eigenvalue weighted by Crippen LogP contribution is 2.22. The van der Waals surface area contributed by atoms with Crippen LogP contribution in [0, 0.1) is 0 Å². The SMILES string of the molecule is C.C.C.C=CC=C(C)/C(C)=C(C)/C(C)=C(\C)C=CC.C=CC=C(C)/C(C)=C(\C)C=CC.C=CC=C(C)C=CC. The zero-order chi connectivity index (χ0) is 28.7. The van der Waals surface area contributed by atoms with Crippen molar-refractivity contribution in [1.82, 2.24) is 0 Å². The van der Waals surface area contributed by atoms with Crippen LogP contribution in [-0.2, 0) is 0 Å². The van der Waals surface area contributed by atoms with Crippen LogP contribution in [0.15, 0.2) is 143 Å². The Hall–Kier alpha value is -3.12. The highest BCUT2D eigenvalue weighted by atomic mass is 14.1. The lowest BCUT2D eigenvalue weighted by Crippen LogP contribution is -1.91. The summed E-state index contributed by atoms with van der Waals surface area (Å²) in [6.07, 6.45) is 24.0. The Balaban J connectivity index is -0.000000106. The normalized spacial score (nSPS) is 13.7. The maximum atomic E-state index is 3.73. The third-order valence-electron chi connectivity index (χ3n) is 5.87. The molecule has 0 spiro atoms. The molecule has 0 fully saturated rings. The highest BCUT2D eigenvalue weighted by molar-refractivity contribution is 5.45. The molecule has 222 valence electrons. The molecule has 0 amide bonds. The number of hydrogen-bond donors (Lipinski definition) is 0. The lowest BCUT2D eigenvalue weighted by molar-refractivity contribution is 1.19. The molecule has 0 atom stereocenters. The molecule has 0 saturated heterocycles. The monoisotopic (exact) mass is 535 g/mol. The molecule has 0 heterocycles. The third-order valence-corrected chi connectivity index (χ3v) is 5.87. The first-order valence-corrected chi connectivity index (χ1v) is 12.7. The van der Waals surface area contributed by atoms with Gasteiger partial charge in [-0.15, -0.1) is 0 Å². The first kappa shape index (κ1) is 48.9. The second-order valence-corrected chi connectivity index (χ2v) is 8.68. The summed E-state index contributed by atoms with van der Waals surface area (Å²) < 4.78 is 0. The van der Waals surface area contributed by atoms with Crippen molar-refractivity contribution in [2.24, 2.45) is 0 Å². The van der Waals surface area contributed by atoms with E-state index < -0.39 is 0 Å². The summed E-state index contributed by atoms with van der Waals surface area (Å²) in [5, 5.41) is 0. The van der Waals surface area contributed by atoms with Crippen molar-refractivity contribution in [3.63, 3.8) is 0 Å². The van der Waals surface area contributed by atoms with Crippen molar-refractivity contribution in [3.8, 4) is 0 Å². The van der Waals surface area contributed by atoms with Gasteiger partial charge in [0.2, 0.25) is 0 Å². The molecule has 0 aromatic carbocycles. The summed E-state index contributed by atoms with van der Waals surface area (Å²) >= 11 is 0. The average Bonchev–Trinajstić information content (AvgIpc) is 2.83. The molecule has 0 bridgehead atoms. The van der Waals surface area contributed by atoms with Crippen LogP contribution in [0.3, 0.4) is 0 Å². The van der Waals surface area contributed by atoms with E-state index in [1.54, 1.807) is 6.08 Å². The van der Waals surface area contributed by atoms with E-state index in [1.807, 2.05) is 64.2 Å². The van der Waals surface area contributed by atoms with E-state index in [2.05, 4.69) is 106 Å². The van der Waals surface area contributed by atoms with Crippen LogP contribution in [0.2, 0.25) is 0 Å². The van der Waals surface area contributed by atoms with Crippen LogP contribution in [0.1, 0.15) is 105 Å². The van der Waals surface area contributed by atoms with E-state index in [0.29, 0.717) is 0 Å². The minimum absolute atomic E-state index is 0. The Morgan fingerprint density at radius 2 is 0.744 bits per heavy atom. The second-order valence-electron chi connectivity index (χ2n) is 8.68. The van der Waals surface area contributed by atoms with Gasteiger partial charge in [-0.05, 0) is 128 Å². The molecule has 0 aliphatic heterocycles. The minimum Gasteiger partial charge on any atom is -0.0991 e. The molecule has 0 aromatic heterocycles. The second kappa shape index (κ2) is 31.1. The zero-order valence-corrected chi connectivity index (χ0v) is 25.5. The van der Waals surface area contributed by atoms with Crippen LogP contribution in [-0.4, -0.2) is 0 Å². The fourth-order valence-corrected chi connectivity index (χ4v) is 3.04. The van der Waals surface area contributed by atoms with Gasteiger partial charge >= 0.3 is 0 Å². The fraction of sp³-hybridized carbons (Fsp3) is 0.385.